The summed E-state index contributed by atoms with van der Waals surface area (Å²) in [6.45, 7) is 2.51. The van der Waals surface area contributed by atoms with Crippen LogP contribution in [0.5, 0.6) is 17.2 Å². The lowest BCUT2D eigenvalue weighted by Crippen LogP contribution is -2.13. The van der Waals surface area contributed by atoms with Crippen LogP contribution in [0, 0.1) is 0 Å². The summed E-state index contributed by atoms with van der Waals surface area (Å²) < 4.78 is 21.6. The van der Waals surface area contributed by atoms with E-state index in [0.717, 1.165) is 17.5 Å². The molecule has 0 aliphatic heterocycles. The van der Waals surface area contributed by atoms with Gasteiger partial charge in [-0.05, 0) is 49.4 Å². The molecule has 1 amide bonds. The van der Waals surface area contributed by atoms with Crippen molar-refractivity contribution < 1.29 is 23.4 Å². The Labute approximate surface area is 172 Å². The van der Waals surface area contributed by atoms with E-state index in [4.69, 9.17) is 18.6 Å². The lowest BCUT2D eigenvalue weighted by atomic mass is 10.2. The van der Waals surface area contributed by atoms with Crippen LogP contribution in [-0.4, -0.2) is 42.7 Å². The van der Waals surface area contributed by atoms with E-state index in [9.17, 15) is 4.79 Å². The van der Waals surface area contributed by atoms with Crippen molar-refractivity contribution in [2.24, 2.45) is 0 Å². The Morgan fingerprint density at radius 3 is 2.52 bits per heavy atom. The number of hydrogen-bond acceptors (Lipinski definition) is 8. The number of benzene rings is 2. The zero-order chi connectivity index (χ0) is 20.6. The highest BCUT2D eigenvalue weighted by atomic mass is 32.2. The van der Waals surface area contributed by atoms with Gasteiger partial charge in [-0.3, -0.25) is 4.79 Å². The molecule has 152 valence electrons. The van der Waals surface area contributed by atoms with Gasteiger partial charge in [-0.15, -0.1) is 10.2 Å². The summed E-state index contributed by atoms with van der Waals surface area (Å²) in [5, 5.41) is 11.1. The first-order valence-corrected chi connectivity index (χ1v) is 9.83. The second-order valence-electron chi connectivity index (χ2n) is 5.73. The topological polar surface area (TPSA) is 95.7 Å². The zero-order valence-corrected chi connectivity index (χ0v) is 17.1. The zero-order valence-electron chi connectivity index (χ0n) is 16.3. The highest BCUT2D eigenvalue weighted by Crippen LogP contribution is 2.33. The molecule has 8 nitrogen and oxygen atoms in total. The second kappa shape index (κ2) is 9.83. The largest absolute Gasteiger partial charge is 0.497 e. The van der Waals surface area contributed by atoms with Gasteiger partial charge in [-0.2, -0.15) is 0 Å². The van der Waals surface area contributed by atoms with Crippen molar-refractivity contribution in [1.29, 1.82) is 0 Å². The third kappa shape index (κ3) is 5.41. The van der Waals surface area contributed by atoms with Gasteiger partial charge in [-0.1, -0.05) is 11.8 Å². The fraction of sp³-hybridized carbons (Fsp3) is 0.250. The predicted molar refractivity (Wildman–Crippen MR) is 110 cm³/mol. The summed E-state index contributed by atoms with van der Waals surface area (Å²) in [6.07, 6.45) is 0. The van der Waals surface area contributed by atoms with Crippen LogP contribution in [0.4, 0.5) is 5.69 Å². The van der Waals surface area contributed by atoms with Crippen molar-refractivity contribution in [3.63, 3.8) is 0 Å². The maximum absolute atomic E-state index is 12.2. The summed E-state index contributed by atoms with van der Waals surface area (Å²) in [4.78, 5) is 12.2. The number of rotatable bonds is 9. The third-order valence-corrected chi connectivity index (χ3v) is 4.64. The number of ether oxygens (including phenoxy) is 3. The summed E-state index contributed by atoms with van der Waals surface area (Å²) in [6, 6.07) is 12.5. The van der Waals surface area contributed by atoms with E-state index in [0.29, 0.717) is 29.4 Å². The molecule has 0 radical (unpaired) electrons. The van der Waals surface area contributed by atoms with Gasteiger partial charge in [0, 0.05) is 5.69 Å². The summed E-state index contributed by atoms with van der Waals surface area (Å²) in [7, 11) is 3.13. The first-order chi connectivity index (χ1) is 14.1. The molecule has 0 spiro atoms. The number of anilines is 1. The van der Waals surface area contributed by atoms with Crippen LogP contribution in [0.15, 0.2) is 52.1 Å². The maximum atomic E-state index is 12.2. The Balaban J connectivity index is 1.60. The van der Waals surface area contributed by atoms with Crippen LogP contribution in [0.2, 0.25) is 0 Å². The third-order valence-electron chi connectivity index (χ3n) is 3.82. The minimum atomic E-state index is -0.183. The number of aromatic nitrogens is 2. The van der Waals surface area contributed by atoms with E-state index in [1.807, 2.05) is 6.92 Å². The number of carbonyl (C=O) groups is 1. The Morgan fingerprint density at radius 1 is 1.07 bits per heavy atom. The summed E-state index contributed by atoms with van der Waals surface area (Å²) >= 11 is 1.15. The van der Waals surface area contributed by atoms with Gasteiger partial charge in [0.05, 0.1) is 32.1 Å². The van der Waals surface area contributed by atoms with Crippen LogP contribution in [0.3, 0.4) is 0 Å². The molecule has 0 aliphatic carbocycles. The van der Waals surface area contributed by atoms with Gasteiger partial charge in [0.25, 0.3) is 11.1 Å². The van der Waals surface area contributed by atoms with E-state index in [1.54, 1.807) is 56.7 Å². The van der Waals surface area contributed by atoms with E-state index < -0.39 is 0 Å². The van der Waals surface area contributed by atoms with Crippen LogP contribution in [0.1, 0.15) is 6.92 Å². The number of thioether (sulfide) groups is 1. The molecule has 0 saturated carbocycles. The lowest BCUT2D eigenvalue weighted by Gasteiger charge is -2.07. The van der Waals surface area contributed by atoms with Crippen molar-refractivity contribution in [3.05, 3.63) is 42.5 Å². The van der Waals surface area contributed by atoms with Gasteiger partial charge in [0.1, 0.15) is 17.2 Å². The molecule has 0 bridgehead atoms. The monoisotopic (exact) mass is 415 g/mol. The van der Waals surface area contributed by atoms with Crippen LogP contribution in [0.25, 0.3) is 11.5 Å². The lowest BCUT2D eigenvalue weighted by molar-refractivity contribution is -0.113. The van der Waals surface area contributed by atoms with E-state index in [-0.39, 0.29) is 22.8 Å². The number of hydrogen-bond donors (Lipinski definition) is 1. The van der Waals surface area contributed by atoms with Gasteiger partial charge in [0.2, 0.25) is 5.91 Å². The fourth-order valence-electron chi connectivity index (χ4n) is 2.48. The van der Waals surface area contributed by atoms with Crippen LogP contribution >= 0.6 is 11.8 Å². The fourth-order valence-corrected chi connectivity index (χ4v) is 3.05. The van der Waals surface area contributed by atoms with Gasteiger partial charge >= 0.3 is 0 Å². The van der Waals surface area contributed by atoms with E-state index in [1.165, 1.54) is 0 Å². The average molecular weight is 415 g/mol. The average Bonchev–Trinajstić information content (AvgIpc) is 3.22. The number of carbonyl (C=O) groups excluding carboxylic acids is 1. The predicted octanol–water partition coefficient (Wildman–Crippen LogP) is 3.88. The minimum absolute atomic E-state index is 0.129. The molecule has 3 aromatic rings. The van der Waals surface area contributed by atoms with Crippen molar-refractivity contribution in [2.45, 2.75) is 12.1 Å². The van der Waals surface area contributed by atoms with Crippen molar-refractivity contribution in [3.8, 4) is 28.7 Å². The molecule has 0 fully saturated rings. The van der Waals surface area contributed by atoms with Gasteiger partial charge in [-0.25, -0.2) is 0 Å². The Bertz CT molecular complexity index is 959. The smallest absolute Gasteiger partial charge is 0.277 e. The first-order valence-electron chi connectivity index (χ1n) is 8.84. The molecule has 2 aromatic carbocycles. The highest BCUT2D eigenvalue weighted by molar-refractivity contribution is 7.99. The molecule has 1 heterocycles. The Morgan fingerprint density at radius 2 is 1.83 bits per heavy atom. The van der Waals surface area contributed by atoms with Gasteiger partial charge < -0.3 is 23.9 Å². The van der Waals surface area contributed by atoms with Gasteiger partial charge in [0.15, 0.2) is 0 Å². The first kappa shape index (κ1) is 20.5. The molecule has 0 atom stereocenters. The molecule has 9 heteroatoms. The maximum Gasteiger partial charge on any atom is 0.277 e. The SMILES string of the molecule is CCOc1ccc(NC(=O)CSc2nnc(-c3cc(OC)ccc3OC)o2)cc1. The van der Waals surface area contributed by atoms with Crippen molar-refractivity contribution in [2.75, 3.05) is 31.9 Å². The molecule has 0 aliphatic rings. The molecular formula is C20H21N3O5S. The van der Waals surface area contributed by atoms with Crippen LogP contribution in [-0.2, 0) is 4.79 Å². The molecule has 29 heavy (non-hydrogen) atoms. The molecule has 1 N–H and O–H groups in total. The molecule has 3 rings (SSSR count). The van der Waals surface area contributed by atoms with Crippen molar-refractivity contribution >= 4 is 23.4 Å². The molecule has 0 unspecified atom stereocenters. The number of nitrogens with zero attached hydrogens (tertiary/aromatic N) is 2. The standard InChI is InChI=1S/C20H21N3O5S/c1-4-27-14-7-5-13(6-8-14)21-18(24)12-29-20-23-22-19(28-20)16-11-15(25-2)9-10-17(16)26-3/h5-11H,4,12H2,1-3H3,(H,21,24). The van der Waals surface area contributed by atoms with E-state index in [2.05, 4.69) is 15.5 Å². The molecule has 1 aromatic heterocycles. The summed E-state index contributed by atoms with van der Waals surface area (Å²) in [5.74, 6) is 2.21. The second-order valence-corrected chi connectivity index (χ2v) is 6.66. The number of amides is 1. The number of nitrogens with one attached hydrogen (secondary N) is 1. The normalized spacial score (nSPS) is 10.4. The minimum Gasteiger partial charge on any atom is -0.497 e. The molecule has 0 saturated heterocycles. The Hall–Kier alpha value is -3.20. The van der Waals surface area contributed by atoms with Crippen molar-refractivity contribution in [1.82, 2.24) is 10.2 Å². The van der Waals surface area contributed by atoms with Crippen LogP contribution < -0.4 is 19.5 Å². The summed E-state index contributed by atoms with van der Waals surface area (Å²) in [5.41, 5.74) is 1.30. The van der Waals surface area contributed by atoms with E-state index >= 15 is 0 Å². The molecular weight excluding hydrogens is 394 g/mol. The quantitative estimate of drug-likeness (QED) is 0.526. The highest BCUT2D eigenvalue weighted by Gasteiger charge is 2.16. The number of methoxy groups -OCH3 is 2. The Kier molecular flexibility index (Phi) is 6.96.